The first-order chi connectivity index (χ1) is 9.13. The summed E-state index contributed by atoms with van der Waals surface area (Å²) in [5.74, 6) is -1.06. The smallest absolute Gasteiger partial charge is 0.131 e. The van der Waals surface area contributed by atoms with Crippen molar-refractivity contribution in [3.05, 3.63) is 60.0 Å². The number of allylic oxidation sites excluding steroid dienone is 6. The number of hydrogen-bond acceptors (Lipinski definition) is 1. The summed E-state index contributed by atoms with van der Waals surface area (Å²) < 4.78 is 27.7. The van der Waals surface area contributed by atoms with Gasteiger partial charge in [0.05, 0.1) is 5.69 Å². The molecule has 0 N–H and O–H groups in total. The van der Waals surface area contributed by atoms with Gasteiger partial charge in [-0.05, 0) is 25.0 Å². The van der Waals surface area contributed by atoms with Gasteiger partial charge in [0.2, 0.25) is 0 Å². The minimum absolute atomic E-state index is 0.0622. The number of aromatic nitrogens is 1. The van der Waals surface area contributed by atoms with Crippen LogP contribution in [0.1, 0.15) is 26.0 Å². The molecular formula is C16H17F2N. The molecule has 100 valence electrons. The molecule has 1 aromatic rings. The summed E-state index contributed by atoms with van der Waals surface area (Å²) in [6.45, 7) is 3.88. The van der Waals surface area contributed by atoms with E-state index in [1.54, 1.807) is 18.3 Å². The van der Waals surface area contributed by atoms with Gasteiger partial charge in [-0.1, -0.05) is 25.1 Å². The van der Waals surface area contributed by atoms with Crippen LogP contribution >= 0.6 is 0 Å². The van der Waals surface area contributed by atoms with Crippen molar-refractivity contribution in [1.29, 1.82) is 0 Å². The molecular weight excluding hydrogens is 244 g/mol. The Morgan fingerprint density at radius 3 is 2.79 bits per heavy atom. The van der Waals surface area contributed by atoms with Crippen molar-refractivity contribution >= 4 is 5.57 Å². The summed E-state index contributed by atoms with van der Waals surface area (Å²) in [5.41, 5.74) is 1.10. The summed E-state index contributed by atoms with van der Waals surface area (Å²) in [7, 11) is 0. The fraction of sp³-hybridized carbons (Fsp3) is 0.312. The van der Waals surface area contributed by atoms with E-state index in [1.165, 1.54) is 0 Å². The fourth-order valence-electron chi connectivity index (χ4n) is 2.48. The van der Waals surface area contributed by atoms with Crippen LogP contribution in [-0.4, -0.2) is 4.98 Å². The maximum absolute atomic E-state index is 14.1. The third-order valence-electron chi connectivity index (χ3n) is 3.40. The standard InChI is InChI=1S/C16H17F2N/c1-3-6-11(2)13-9-12(17)10-14(18)16(13)15-7-4-5-8-19-15/h3-8,10-11,13H,9H2,1-2H3. The van der Waals surface area contributed by atoms with Gasteiger partial charge in [0.25, 0.3) is 0 Å². The van der Waals surface area contributed by atoms with Crippen molar-refractivity contribution in [2.24, 2.45) is 11.8 Å². The monoisotopic (exact) mass is 261 g/mol. The highest BCUT2D eigenvalue weighted by Crippen LogP contribution is 2.41. The predicted molar refractivity (Wildman–Crippen MR) is 73.5 cm³/mol. The highest BCUT2D eigenvalue weighted by atomic mass is 19.1. The minimum atomic E-state index is -0.510. The van der Waals surface area contributed by atoms with Crippen molar-refractivity contribution in [3.63, 3.8) is 0 Å². The molecule has 0 saturated carbocycles. The summed E-state index contributed by atoms with van der Waals surface area (Å²) in [4.78, 5) is 4.20. The third-order valence-corrected chi connectivity index (χ3v) is 3.40. The van der Waals surface area contributed by atoms with Crippen LogP contribution in [0.3, 0.4) is 0 Å². The lowest BCUT2D eigenvalue weighted by atomic mass is 9.79. The molecule has 19 heavy (non-hydrogen) atoms. The summed E-state index contributed by atoms with van der Waals surface area (Å²) in [5, 5.41) is 0. The van der Waals surface area contributed by atoms with Gasteiger partial charge >= 0.3 is 0 Å². The van der Waals surface area contributed by atoms with Crippen molar-refractivity contribution in [3.8, 4) is 0 Å². The van der Waals surface area contributed by atoms with Crippen LogP contribution in [-0.2, 0) is 0 Å². The molecule has 0 saturated heterocycles. The largest absolute Gasteiger partial charge is 0.256 e. The number of nitrogens with zero attached hydrogens (tertiary/aromatic N) is 1. The molecule has 2 rings (SSSR count). The van der Waals surface area contributed by atoms with E-state index in [0.29, 0.717) is 11.3 Å². The SMILES string of the molecule is CC=CC(C)C1CC(F)=CC(F)=C1c1ccccn1. The van der Waals surface area contributed by atoms with Crippen molar-refractivity contribution in [2.75, 3.05) is 0 Å². The Morgan fingerprint density at radius 1 is 1.37 bits per heavy atom. The lowest BCUT2D eigenvalue weighted by Gasteiger charge is -2.27. The molecule has 1 aliphatic rings. The van der Waals surface area contributed by atoms with E-state index in [9.17, 15) is 8.78 Å². The van der Waals surface area contributed by atoms with Crippen LogP contribution in [0.15, 0.2) is 54.3 Å². The predicted octanol–water partition coefficient (Wildman–Crippen LogP) is 4.85. The molecule has 0 aromatic carbocycles. The molecule has 0 radical (unpaired) electrons. The molecule has 3 heteroatoms. The molecule has 1 nitrogen and oxygen atoms in total. The van der Waals surface area contributed by atoms with Crippen molar-refractivity contribution < 1.29 is 8.78 Å². The zero-order valence-electron chi connectivity index (χ0n) is 11.1. The van der Waals surface area contributed by atoms with E-state index in [1.807, 2.05) is 32.1 Å². The topological polar surface area (TPSA) is 12.9 Å². The van der Waals surface area contributed by atoms with Gasteiger partial charge in [0.15, 0.2) is 0 Å². The molecule has 0 aliphatic heterocycles. The first-order valence-electron chi connectivity index (χ1n) is 6.43. The second-order valence-corrected chi connectivity index (χ2v) is 4.76. The van der Waals surface area contributed by atoms with Gasteiger partial charge in [0, 0.05) is 30.2 Å². The molecule has 0 bridgehead atoms. The maximum Gasteiger partial charge on any atom is 0.131 e. The molecule has 1 aliphatic carbocycles. The lowest BCUT2D eigenvalue weighted by molar-refractivity contribution is 0.442. The van der Waals surface area contributed by atoms with Crippen molar-refractivity contribution in [1.82, 2.24) is 4.98 Å². The second-order valence-electron chi connectivity index (χ2n) is 4.76. The van der Waals surface area contributed by atoms with Gasteiger partial charge in [-0.15, -0.1) is 0 Å². The molecule has 2 unspecified atom stereocenters. The Hall–Kier alpha value is -1.77. The molecule has 0 spiro atoms. The molecule has 0 amide bonds. The summed E-state index contributed by atoms with van der Waals surface area (Å²) >= 11 is 0. The molecule has 2 atom stereocenters. The number of hydrogen-bond donors (Lipinski definition) is 0. The van der Waals surface area contributed by atoms with Crippen LogP contribution in [0.2, 0.25) is 0 Å². The Kier molecular flexibility index (Phi) is 4.25. The first-order valence-corrected chi connectivity index (χ1v) is 6.43. The molecule has 1 heterocycles. The zero-order chi connectivity index (χ0) is 13.8. The molecule has 0 fully saturated rings. The van der Waals surface area contributed by atoms with Gasteiger partial charge in [-0.25, -0.2) is 8.78 Å². The van der Waals surface area contributed by atoms with Gasteiger partial charge in [-0.2, -0.15) is 0 Å². The lowest BCUT2D eigenvalue weighted by Crippen LogP contribution is -2.17. The summed E-state index contributed by atoms with van der Waals surface area (Å²) in [6.07, 6.45) is 6.71. The Labute approximate surface area is 112 Å². The Bertz CT molecular complexity index is 529. The number of rotatable bonds is 3. The van der Waals surface area contributed by atoms with E-state index in [2.05, 4.69) is 4.98 Å². The van der Waals surface area contributed by atoms with E-state index in [4.69, 9.17) is 0 Å². The average molecular weight is 261 g/mol. The van der Waals surface area contributed by atoms with Crippen LogP contribution in [0.5, 0.6) is 0 Å². The van der Waals surface area contributed by atoms with Crippen molar-refractivity contribution in [2.45, 2.75) is 20.3 Å². The average Bonchev–Trinajstić information content (AvgIpc) is 2.39. The quantitative estimate of drug-likeness (QED) is 0.709. The summed E-state index contributed by atoms with van der Waals surface area (Å²) in [6, 6.07) is 5.36. The first kappa shape index (κ1) is 13.7. The highest BCUT2D eigenvalue weighted by molar-refractivity contribution is 5.70. The van der Waals surface area contributed by atoms with Crippen LogP contribution < -0.4 is 0 Å². The Morgan fingerprint density at radius 2 is 2.16 bits per heavy atom. The van der Waals surface area contributed by atoms with E-state index in [-0.39, 0.29) is 18.3 Å². The van der Waals surface area contributed by atoms with E-state index in [0.717, 1.165) is 6.08 Å². The zero-order valence-corrected chi connectivity index (χ0v) is 11.1. The number of pyridine rings is 1. The van der Waals surface area contributed by atoms with E-state index < -0.39 is 11.7 Å². The highest BCUT2D eigenvalue weighted by Gasteiger charge is 2.29. The van der Waals surface area contributed by atoms with Crippen LogP contribution in [0.25, 0.3) is 5.57 Å². The number of halogens is 2. The van der Waals surface area contributed by atoms with Gasteiger partial charge in [0.1, 0.15) is 11.7 Å². The van der Waals surface area contributed by atoms with Crippen LogP contribution in [0.4, 0.5) is 8.78 Å². The minimum Gasteiger partial charge on any atom is -0.256 e. The van der Waals surface area contributed by atoms with Gasteiger partial charge < -0.3 is 0 Å². The fourth-order valence-corrected chi connectivity index (χ4v) is 2.48. The van der Waals surface area contributed by atoms with Crippen LogP contribution in [0, 0.1) is 11.8 Å². The van der Waals surface area contributed by atoms with E-state index >= 15 is 0 Å². The second kappa shape index (κ2) is 5.91. The Balaban J connectivity index is 2.47. The molecule has 1 aromatic heterocycles. The normalized spacial score (nSPS) is 21.7. The maximum atomic E-state index is 14.1. The van der Waals surface area contributed by atoms with Gasteiger partial charge in [-0.3, -0.25) is 4.98 Å². The third kappa shape index (κ3) is 2.98.